The molecule has 1 aliphatic rings. The lowest BCUT2D eigenvalue weighted by Gasteiger charge is -2.38. The summed E-state index contributed by atoms with van der Waals surface area (Å²) in [6.07, 6.45) is 5.91. The fraction of sp³-hybridized carbons (Fsp3) is 0.938. The van der Waals surface area contributed by atoms with Crippen molar-refractivity contribution in [2.75, 3.05) is 33.7 Å². The molecule has 0 spiro atoms. The first kappa shape index (κ1) is 17.4. The summed E-state index contributed by atoms with van der Waals surface area (Å²) in [5.74, 6) is 0.263. The minimum Gasteiger partial charge on any atom is -0.341 e. The predicted octanol–water partition coefficient (Wildman–Crippen LogP) is 2.10. The van der Waals surface area contributed by atoms with Crippen molar-refractivity contribution in [2.45, 2.75) is 64.5 Å². The quantitative estimate of drug-likeness (QED) is 0.777. The van der Waals surface area contributed by atoms with E-state index in [4.69, 9.17) is 0 Å². The van der Waals surface area contributed by atoms with E-state index in [2.05, 4.69) is 26.1 Å². The van der Waals surface area contributed by atoms with E-state index >= 15 is 0 Å². The Morgan fingerprint density at radius 3 is 2.40 bits per heavy atom. The van der Waals surface area contributed by atoms with Gasteiger partial charge in [0.15, 0.2) is 0 Å². The van der Waals surface area contributed by atoms with Crippen LogP contribution in [0.3, 0.4) is 0 Å². The zero-order valence-electron chi connectivity index (χ0n) is 14.0. The molecule has 0 saturated carbocycles. The van der Waals surface area contributed by atoms with E-state index in [1.807, 2.05) is 23.9 Å². The number of carbonyl (C=O) groups is 1. The highest BCUT2D eigenvalue weighted by atomic mass is 16.2. The van der Waals surface area contributed by atoms with Crippen LogP contribution in [0.5, 0.6) is 0 Å². The second-order valence-electron chi connectivity index (χ2n) is 7.02. The summed E-state index contributed by atoms with van der Waals surface area (Å²) >= 11 is 0. The van der Waals surface area contributed by atoms with Gasteiger partial charge in [0, 0.05) is 24.7 Å². The van der Waals surface area contributed by atoms with Gasteiger partial charge in [-0.15, -0.1) is 0 Å². The molecule has 0 aromatic carbocycles. The van der Waals surface area contributed by atoms with Gasteiger partial charge >= 0.3 is 0 Å². The minimum atomic E-state index is 0.219. The van der Waals surface area contributed by atoms with Gasteiger partial charge < -0.3 is 15.1 Å². The number of hydrogen-bond donors (Lipinski definition) is 1. The van der Waals surface area contributed by atoms with E-state index in [9.17, 15) is 4.79 Å². The number of nitrogens with zero attached hydrogens (tertiary/aromatic N) is 2. The van der Waals surface area contributed by atoms with Gasteiger partial charge in [-0.2, -0.15) is 0 Å². The first-order valence-electron chi connectivity index (χ1n) is 8.04. The monoisotopic (exact) mass is 283 g/mol. The van der Waals surface area contributed by atoms with Crippen molar-refractivity contribution in [1.29, 1.82) is 0 Å². The standard InChI is InChI=1S/C16H33N3O/c1-6-7-10-16(2,3)17-14-8-11-19(12-9-14)15(20)13-18(4)5/h14,17H,6-13H2,1-5H3. The minimum absolute atomic E-state index is 0.219. The molecule has 4 nitrogen and oxygen atoms in total. The van der Waals surface area contributed by atoms with Crippen LogP contribution in [0.4, 0.5) is 0 Å². The molecule has 1 amide bonds. The Morgan fingerprint density at radius 1 is 1.30 bits per heavy atom. The zero-order chi connectivity index (χ0) is 15.2. The van der Waals surface area contributed by atoms with Crippen molar-refractivity contribution >= 4 is 5.91 Å². The number of likely N-dealkylation sites (N-methyl/N-ethyl adjacent to an activating group) is 1. The smallest absolute Gasteiger partial charge is 0.236 e. The maximum absolute atomic E-state index is 12.0. The van der Waals surface area contributed by atoms with Crippen LogP contribution in [0.1, 0.15) is 52.9 Å². The molecule has 4 heteroatoms. The van der Waals surface area contributed by atoms with Crippen LogP contribution in [0.2, 0.25) is 0 Å². The number of rotatable bonds is 7. The van der Waals surface area contributed by atoms with Crippen LogP contribution in [-0.2, 0) is 4.79 Å². The van der Waals surface area contributed by atoms with Crippen LogP contribution in [-0.4, -0.2) is 61.0 Å². The van der Waals surface area contributed by atoms with Crippen molar-refractivity contribution < 1.29 is 4.79 Å². The van der Waals surface area contributed by atoms with Crippen LogP contribution in [0, 0.1) is 0 Å². The molecular weight excluding hydrogens is 250 g/mol. The molecule has 0 unspecified atom stereocenters. The fourth-order valence-electron chi connectivity index (χ4n) is 2.89. The van der Waals surface area contributed by atoms with Crippen molar-refractivity contribution in [3.63, 3.8) is 0 Å². The van der Waals surface area contributed by atoms with Gasteiger partial charge in [0.2, 0.25) is 5.91 Å². The lowest BCUT2D eigenvalue weighted by atomic mass is 9.94. The number of hydrogen-bond acceptors (Lipinski definition) is 3. The number of carbonyl (C=O) groups excluding carboxylic acids is 1. The normalized spacial score (nSPS) is 17.8. The van der Waals surface area contributed by atoms with E-state index < -0.39 is 0 Å². The SMILES string of the molecule is CCCCC(C)(C)NC1CCN(C(=O)CN(C)C)CC1. The van der Waals surface area contributed by atoms with Crippen molar-refractivity contribution in [1.82, 2.24) is 15.1 Å². The molecule has 0 atom stereocenters. The topological polar surface area (TPSA) is 35.6 Å². The van der Waals surface area contributed by atoms with Gasteiger partial charge in [0.1, 0.15) is 0 Å². The Balaban J connectivity index is 2.33. The number of piperidine rings is 1. The summed E-state index contributed by atoms with van der Waals surface area (Å²) in [5, 5.41) is 3.78. The molecule has 0 aliphatic carbocycles. The summed E-state index contributed by atoms with van der Waals surface area (Å²) in [6.45, 7) is 9.16. The molecule has 1 fully saturated rings. The average molecular weight is 283 g/mol. The first-order valence-corrected chi connectivity index (χ1v) is 8.04. The molecule has 1 heterocycles. The number of nitrogens with one attached hydrogen (secondary N) is 1. The van der Waals surface area contributed by atoms with Crippen LogP contribution < -0.4 is 5.32 Å². The van der Waals surface area contributed by atoms with Crippen LogP contribution >= 0.6 is 0 Å². The fourth-order valence-corrected chi connectivity index (χ4v) is 2.89. The molecule has 0 radical (unpaired) electrons. The number of likely N-dealkylation sites (tertiary alicyclic amines) is 1. The largest absolute Gasteiger partial charge is 0.341 e. The molecule has 0 aromatic heterocycles. The van der Waals surface area contributed by atoms with E-state index in [0.717, 1.165) is 25.9 Å². The van der Waals surface area contributed by atoms with Gasteiger partial charge in [-0.3, -0.25) is 4.79 Å². The first-order chi connectivity index (χ1) is 9.34. The summed E-state index contributed by atoms with van der Waals surface area (Å²) in [6, 6.07) is 0.560. The van der Waals surface area contributed by atoms with Crippen molar-refractivity contribution in [3.8, 4) is 0 Å². The van der Waals surface area contributed by atoms with Gasteiger partial charge in [0.05, 0.1) is 6.54 Å². The highest BCUT2D eigenvalue weighted by Gasteiger charge is 2.27. The number of unbranched alkanes of at least 4 members (excludes halogenated alkanes) is 1. The molecule has 1 N–H and O–H groups in total. The second kappa shape index (κ2) is 7.99. The molecule has 0 aromatic rings. The Bertz CT molecular complexity index is 294. The summed E-state index contributed by atoms with van der Waals surface area (Å²) in [4.78, 5) is 16.0. The Hall–Kier alpha value is -0.610. The number of amides is 1. The van der Waals surface area contributed by atoms with E-state index in [-0.39, 0.29) is 11.4 Å². The Kier molecular flexibility index (Phi) is 6.96. The molecule has 1 aliphatic heterocycles. The zero-order valence-corrected chi connectivity index (χ0v) is 14.0. The highest BCUT2D eigenvalue weighted by molar-refractivity contribution is 5.78. The summed E-state index contributed by atoms with van der Waals surface area (Å²) < 4.78 is 0. The third kappa shape index (κ3) is 6.23. The lowest BCUT2D eigenvalue weighted by molar-refractivity contribution is -0.133. The summed E-state index contributed by atoms with van der Waals surface area (Å²) in [5.41, 5.74) is 0.219. The maximum Gasteiger partial charge on any atom is 0.236 e. The molecule has 0 bridgehead atoms. The predicted molar refractivity (Wildman–Crippen MR) is 84.9 cm³/mol. The second-order valence-corrected chi connectivity index (χ2v) is 7.02. The molecule has 20 heavy (non-hydrogen) atoms. The van der Waals surface area contributed by atoms with Crippen molar-refractivity contribution in [2.24, 2.45) is 0 Å². The third-order valence-electron chi connectivity index (χ3n) is 4.05. The van der Waals surface area contributed by atoms with Gasteiger partial charge in [-0.1, -0.05) is 19.8 Å². The average Bonchev–Trinajstić information content (AvgIpc) is 2.36. The maximum atomic E-state index is 12.0. The van der Waals surface area contributed by atoms with Crippen LogP contribution in [0.25, 0.3) is 0 Å². The van der Waals surface area contributed by atoms with Gasteiger partial charge in [0.25, 0.3) is 0 Å². The third-order valence-corrected chi connectivity index (χ3v) is 4.05. The molecule has 1 rings (SSSR count). The molecule has 118 valence electrons. The highest BCUT2D eigenvalue weighted by Crippen LogP contribution is 2.18. The van der Waals surface area contributed by atoms with Gasteiger partial charge in [-0.05, 0) is 47.2 Å². The van der Waals surface area contributed by atoms with E-state index in [0.29, 0.717) is 12.6 Å². The Labute approximate surface area is 124 Å². The van der Waals surface area contributed by atoms with Crippen molar-refractivity contribution in [3.05, 3.63) is 0 Å². The van der Waals surface area contributed by atoms with Crippen LogP contribution in [0.15, 0.2) is 0 Å². The lowest BCUT2D eigenvalue weighted by Crippen LogP contribution is -2.52. The Morgan fingerprint density at radius 2 is 1.90 bits per heavy atom. The van der Waals surface area contributed by atoms with E-state index in [1.165, 1.54) is 19.3 Å². The summed E-state index contributed by atoms with van der Waals surface area (Å²) in [7, 11) is 3.89. The molecule has 1 saturated heterocycles. The van der Waals surface area contributed by atoms with E-state index in [1.54, 1.807) is 0 Å². The molecular formula is C16H33N3O. The van der Waals surface area contributed by atoms with Gasteiger partial charge in [-0.25, -0.2) is 0 Å².